The summed E-state index contributed by atoms with van der Waals surface area (Å²) in [6.45, 7) is 6.06. The van der Waals surface area contributed by atoms with Gasteiger partial charge in [-0.05, 0) is 56.2 Å². The molecule has 2 amide bonds. The van der Waals surface area contributed by atoms with E-state index in [4.69, 9.17) is 4.74 Å². The number of hydrogen-bond acceptors (Lipinski definition) is 5. The Balaban J connectivity index is 1.69. The van der Waals surface area contributed by atoms with Crippen molar-refractivity contribution in [2.45, 2.75) is 51.0 Å². The molecule has 0 spiro atoms. The lowest BCUT2D eigenvalue weighted by Gasteiger charge is -2.22. The van der Waals surface area contributed by atoms with E-state index in [0.29, 0.717) is 30.9 Å². The van der Waals surface area contributed by atoms with Gasteiger partial charge in [-0.15, -0.1) is 0 Å². The highest BCUT2D eigenvalue weighted by molar-refractivity contribution is 7.91. The average Bonchev–Trinajstić information content (AvgIpc) is 3.08. The number of nitrogens with zero attached hydrogens (tertiary/aromatic N) is 1. The highest BCUT2D eigenvalue weighted by atomic mass is 32.2. The maximum atomic E-state index is 12.8. The molecule has 166 valence electrons. The number of carbonyl (C=O) groups excluding carboxylic acids is 2. The minimum Gasteiger partial charge on any atom is -0.492 e. The van der Waals surface area contributed by atoms with Crippen molar-refractivity contribution in [1.29, 1.82) is 0 Å². The summed E-state index contributed by atoms with van der Waals surface area (Å²) in [5.74, 6) is -0.141. The van der Waals surface area contributed by atoms with Crippen LogP contribution in [0.4, 0.5) is 11.4 Å². The monoisotopic (exact) mass is 444 g/mol. The number of benzene rings is 2. The van der Waals surface area contributed by atoms with E-state index in [2.05, 4.69) is 5.32 Å². The van der Waals surface area contributed by atoms with Gasteiger partial charge in [0.25, 0.3) is 0 Å². The largest absolute Gasteiger partial charge is 0.492 e. The molecule has 2 aromatic rings. The molecule has 1 aliphatic rings. The Kier molecular flexibility index (Phi) is 7.00. The van der Waals surface area contributed by atoms with Crippen molar-refractivity contribution in [3.63, 3.8) is 0 Å². The second-order valence-corrected chi connectivity index (χ2v) is 9.62. The van der Waals surface area contributed by atoms with Crippen LogP contribution in [0.2, 0.25) is 0 Å². The van der Waals surface area contributed by atoms with Crippen molar-refractivity contribution in [3.8, 4) is 5.75 Å². The number of ether oxygens (including phenoxy) is 1. The van der Waals surface area contributed by atoms with E-state index in [9.17, 15) is 18.0 Å². The molecular formula is C23H28N2O5S. The Bertz CT molecular complexity index is 1080. The zero-order valence-electron chi connectivity index (χ0n) is 18.1. The average molecular weight is 445 g/mol. The highest BCUT2D eigenvalue weighted by Crippen LogP contribution is 2.34. The molecule has 0 saturated carbocycles. The molecule has 0 saturated heterocycles. The van der Waals surface area contributed by atoms with Gasteiger partial charge in [0.05, 0.1) is 22.9 Å². The Hall–Kier alpha value is -2.87. The summed E-state index contributed by atoms with van der Waals surface area (Å²) in [6.07, 6.45) is 0.835. The van der Waals surface area contributed by atoms with E-state index in [1.54, 1.807) is 41.3 Å². The first-order valence-corrected chi connectivity index (χ1v) is 12.1. The van der Waals surface area contributed by atoms with Crippen LogP contribution in [-0.4, -0.2) is 38.6 Å². The molecule has 8 heteroatoms. The third kappa shape index (κ3) is 5.07. The number of anilines is 2. The van der Waals surface area contributed by atoms with Crippen LogP contribution in [0.3, 0.4) is 0 Å². The zero-order chi connectivity index (χ0) is 22.6. The Morgan fingerprint density at radius 3 is 2.61 bits per heavy atom. The SMILES string of the molecule is CCOc1ccccc1NC(=O)CCS(=O)(=O)c1ccc2c(c1)C[C@@H](C)N2C(=O)CC. The van der Waals surface area contributed by atoms with E-state index < -0.39 is 15.7 Å². The van der Waals surface area contributed by atoms with Gasteiger partial charge in [-0.3, -0.25) is 9.59 Å². The first-order chi connectivity index (χ1) is 14.8. The van der Waals surface area contributed by atoms with Crippen LogP contribution in [-0.2, 0) is 25.8 Å². The van der Waals surface area contributed by atoms with Crippen molar-refractivity contribution in [3.05, 3.63) is 48.0 Å². The summed E-state index contributed by atoms with van der Waals surface area (Å²) in [5.41, 5.74) is 2.12. The summed E-state index contributed by atoms with van der Waals surface area (Å²) in [4.78, 5) is 26.5. The third-order valence-corrected chi connectivity index (χ3v) is 6.97. The van der Waals surface area contributed by atoms with Crippen LogP contribution in [0, 0.1) is 0 Å². The number of rotatable bonds is 8. The second-order valence-electron chi connectivity index (χ2n) is 7.51. The van der Waals surface area contributed by atoms with Gasteiger partial charge in [0.1, 0.15) is 5.75 Å². The predicted octanol–water partition coefficient (Wildman–Crippen LogP) is 3.58. The third-order valence-electron chi connectivity index (χ3n) is 5.26. The van der Waals surface area contributed by atoms with Crippen LogP contribution in [0.15, 0.2) is 47.4 Å². The lowest BCUT2D eigenvalue weighted by molar-refractivity contribution is -0.118. The van der Waals surface area contributed by atoms with Crippen LogP contribution in [0.25, 0.3) is 0 Å². The van der Waals surface area contributed by atoms with Gasteiger partial charge < -0.3 is 15.0 Å². The molecule has 0 unspecified atom stereocenters. The van der Waals surface area contributed by atoms with Crippen molar-refractivity contribution >= 4 is 33.0 Å². The molecule has 1 aliphatic heterocycles. The fourth-order valence-corrected chi connectivity index (χ4v) is 5.05. The number of hydrogen-bond donors (Lipinski definition) is 1. The number of sulfone groups is 1. The minimum absolute atomic E-state index is 0.00316. The topological polar surface area (TPSA) is 92.8 Å². The van der Waals surface area contributed by atoms with E-state index in [1.807, 2.05) is 20.8 Å². The Morgan fingerprint density at radius 2 is 1.90 bits per heavy atom. The van der Waals surface area contributed by atoms with Gasteiger partial charge in [0, 0.05) is 24.6 Å². The van der Waals surface area contributed by atoms with E-state index >= 15 is 0 Å². The molecule has 0 aromatic heterocycles. The molecule has 2 aromatic carbocycles. The molecule has 31 heavy (non-hydrogen) atoms. The number of fused-ring (bicyclic) bond motifs is 1. The Labute approximate surface area is 183 Å². The van der Waals surface area contributed by atoms with E-state index in [-0.39, 0.29) is 29.0 Å². The van der Waals surface area contributed by atoms with Gasteiger partial charge in [-0.25, -0.2) is 8.42 Å². The molecule has 0 radical (unpaired) electrons. The molecule has 3 rings (SSSR count). The van der Waals surface area contributed by atoms with Crippen molar-refractivity contribution < 1.29 is 22.7 Å². The van der Waals surface area contributed by atoms with Crippen molar-refractivity contribution in [1.82, 2.24) is 0 Å². The van der Waals surface area contributed by atoms with E-state index in [1.165, 1.54) is 6.07 Å². The predicted molar refractivity (Wildman–Crippen MR) is 120 cm³/mol. The van der Waals surface area contributed by atoms with Crippen LogP contribution < -0.4 is 15.0 Å². The zero-order valence-corrected chi connectivity index (χ0v) is 18.9. The van der Waals surface area contributed by atoms with Crippen molar-refractivity contribution in [2.75, 3.05) is 22.6 Å². The van der Waals surface area contributed by atoms with Gasteiger partial charge in [0.2, 0.25) is 11.8 Å². The second kappa shape index (κ2) is 9.51. The fourth-order valence-electron chi connectivity index (χ4n) is 3.76. The number of nitrogens with one attached hydrogen (secondary N) is 1. The normalized spacial score (nSPS) is 15.5. The summed E-state index contributed by atoms with van der Waals surface area (Å²) >= 11 is 0. The maximum absolute atomic E-state index is 12.8. The first kappa shape index (κ1) is 22.8. The van der Waals surface area contributed by atoms with Crippen LogP contribution in [0.5, 0.6) is 5.75 Å². The van der Waals surface area contributed by atoms with Crippen LogP contribution >= 0.6 is 0 Å². The molecule has 7 nitrogen and oxygen atoms in total. The maximum Gasteiger partial charge on any atom is 0.226 e. The fraction of sp³-hybridized carbons (Fsp3) is 0.391. The minimum atomic E-state index is -3.65. The highest BCUT2D eigenvalue weighted by Gasteiger charge is 2.31. The number of amides is 2. The smallest absolute Gasteiger partial charge is 0.226 e. The first-order valence-electron chi connectivity index (χ1n) is 10.5. The molecule has 0 fully saturated rings. The van der Waals surface area contributed by atoms with Gasteiger partial charge in [0.15, 0.2) is 9.84 Å². The van der Waals surface area contributed by atoms with Gasteiger partial charge in [-0.1, -0.05) is 19.1 Å². The summed E-state index contributed by atoms with van der Waals surface area (Å²) in [7, 11) is -3.65. The molecule has 1 atom stereocenters. The van der Waals surface area contributed by atoms with Crippen LogP contribution in [0.1, 0.15) is 39.2 Å². The summed E-state index contributed by atoms with van der Waals surface area (Å²) in [5, 5.41) is 2.72. The Morgan fingerprint density at radius 1 is 1.16 bits per heavy atom. The summed E-state index contributed by atoms with van der Waals surface area (Å²) in [6, 6.07) is 11.9. The quantitative estimate of drug-likeness (QED) is 0.672. The lowest BCUT2D eigenvalue weighted by atomic mass is 10.1. The van der Waals surface area contributed by atoms with E-state index in [0.717, 1.165) is 11.3 Å². The van der Waals surface area contributed by atoms with Gasteiger partial charge in [-0.2, -0.15) is 0 Å². The lowest BCUT2D eigenvalue weighted by Crippen LogP contribution is -2.35. The number of carbonyl (C=O) groups is 2. The summed E-state index contributed by atoms with van der Waals surface area (Å²) < 4.78 is 31.1. The molecule has 0 bridgehead atoms. The molecule has 1 N–H and O–H groups in total. The molecule has 0 aliphatic carbocycles. The molecular weight excluding hydrogens is 416 g/mol. The van der Waals surface area contributed by atoms with Gasteiger partial charge >= 0.3 is 0 Å². The van der Waals surface area contributed by atoms with Crippen molar-refractivity contribution in [2.24, 2.45) is 0 Å². The standard InChI is InChI=1S/C23H28N2O5S/c1-4-23(27)25-16(3)14-17-15-18(10-11-20(17)25)31(28,29)13-12-22(26)24-19-8-6-7-9-21(19)30-5-2/h6-11,15-16H,4-5,12-14H2,1-3H3,(H,24,26)/t16-/m1/s1. The number of para-hydroxylation sites is 2. The molecule has 1 heterocycles.